The molecule has 1 N–H and O–H groups in total. The van der Waals surface area contributed by atoms with Crippen LogP contribution in [-0.4, -0.2) is 22.5 Å². The predicted octanol–water partition coefficient (Wildman–Crippen LogP) is 3.86. The van der Waals surface area contributed by atoms with E-state index in [9.17, 15) is 0 Å². The number of aromatic nitrogens is 1. The van der Waals surface area contributed by atoms with Gasteiger partial charge < -0.3 is 5.32 Å². The van der Waals surface area contributed by atoms with Crippen LogP contribution in [0.4, 0.5) is 0 Å². The second kappa shape index (κ2) is 6.21. The van der Waals surface area contributed by atoms with Crippen molar-refractivity contribution < 1.29 is 0 Å². The summed E-state index contributed by atoms with van der Waals surface area (Å²) < 4.78 is 0.476. The van der Waals surface area contributed by atoms with E-state index in [1.54, 1.807) is 11.3 Å². The second-order valence-corrected chi connectivity index (χ2v) is 7.12. The number of hydrogen-bond acceptors (Lipinski definition) is 4. The van der Waals surface area contributed by atoms with E-state index in [2.05, 4.69) is 40.6 Å². The minimum atomic E-state index is 0.390. The van der Waals surface area contributed by atoms with Gasteiger partial charge in [-0.3, -0.25) is 0 Å². The first-order valence-electron chi connectivity index (χ1n) is 6.44. The molecule has 2 nitrogen and oxygen atoms in total. The van der Waals surface area contributed by atoms with Crippen molar-refractivity contribution in [1.82, 2.24) is 10.3 Å². The van der Waals surface area contributed by atoms with E-state index in [0.29, 0.717) is 10.8 Å². The van der Waals surface area contributed by atoms with E-state index in [1.807, 2.05) is 6.20 Å². The highest BCUT2D eigenvalue weighted by Crippen LogP contribution is 2.38. The Hall–Kier alpha value is -0.0600. The molecule has 17 heavy (non-hydrogen) atoms. The largest absolute Gasteiger partial charge is 0.307 e. The fourth-order valence-electron chi connectivity index (χ4n) is 2.52. The molecule has 96 valence electrons. The van der Waals surface area contributed by atoms with Crippen molar-refractivity contribution in [1.29, 1.82) is 0 Å². The van der Waals surface area contributed by atoms with Gasteiger partial charge in [-0.1, -0.05) is 19.3 Å². The van der Waals surface area contributed by atoms with Gasteiger partial charge in [0.1, 0.15) is 5.01 Å². The molecule has 1 aliphatic carbocycles. The number of thioether (sulfide) groups is 1. The molecule has 0 saturated heterocycles. The topological polar surface area (TPSA) is 24.9 Å². The molecule has 0 radical (unpaired) electrons. The van der Waals surface area contributed by atoms with Crippen LogP contribution in [0.1, 0.15) is 50.1 Å². The smallest absolute Gasteiger partial charge is 0.109 e. The Morgan fingerprint density at radius 1 is 1.47 bits per heavy atom. The minimum Gasteiger partial charge on any atom is -0.307 e. The van der Waals surface area contributed by atoms with Crippen molar-refractivity contribution >= 4 is 23.1 Å². The maximum atomic E-state index is 4.38. The van der Waals surface area contributed by atoms with Crippen LogP contribution in [-0.2, 0) is 0 Å². The van der Waals surface area contributed by atoms with E-state index in [1.165, 1.54) is 37.1 Å². The van der Waals surface area contributed by atoms with Crippen LogP contribution in [0, 0.1) is 0 Å². The molecule has 1 atom stereocenters. The zero-order valence-electron chi connectivity index (χ0n) is 10.7. The predicted molar refractivity (Wildman–Crippen MR) is 77.9 cm³/mol. The second-order valence-electron chi connectivity index (χ2n) is 4.92. The molecule has 1 unspecified atom stereocenters. The van der Waals surface area contributed by atoms with Crippen molar-refractivity contribution in [3.8, 4) is 0 Å². The average molecular weight is 270 g/mol. The Labute approximate surface area is 113 Å². The third kappa shape index (κ3) is 3.46. The van der Waals surface area contributed by atoms with Gasteiger partial charge in [0.25, 0.3) is 0 Å². The molecule has 0 aliphatic heterocycles. The molecular formula is C13H22N2S2. The third-order valence-electron chi connectivity index (χ3n) is 3.75. The fourth-order valence-corrected chi connectivity index (χ4v) is 4.12. The summed E-state index contributed by atoms with van der Waals surface area (Å²) >= 11 is 3.80. The van der Waals surface area contributed by atoms with Gasteiger partial charge in [-0.25, -0.2) is 4.98 Å². The molecule has 0 amide bonds. The Morgan fingerprint density at radius 2 is 2.24 bits per heavy atom. The number of nitrogens with zero attached hydrogens (tertiary/aromatic N) is 1. The zero-order chi connectivity index (χ0) is 12.1. The molecule has 0 spiro atoms. The van der Waals surface area contributed by atoms with E-state index < -0.39 is 0 Å². The number of thiazole rings is 1. The summed E-state index contributed by atoms with van der Waals surface area (Å²) in [5, 5.41) is 6.93. The third-order valence-corrected chi connectivity index (χ3v) is 6.13. The van der Waals surface area contributed by atoms with Crippen molar-refractivity contribution in [2.75, 3.05) is 12.8 Å². The Bertz CT molecular complexity index is 318. The van der Waals surface area contributed by atoms with Crippen molar-refractivity contribution in [3.05, 3.63) is 16.6 Å². The number of nitrogens with one attached hydrogen (secondary N) is 1. The first-order valence-corrected chi connectivity index (χ1v) is 8.54. The number of hydrogen-bond donors (Lipinski definition) is 1. The lowest BCUT2D eigenvalue weighted by atomic mass is 9.88. The Morgan fingerprint density at radius 3 is 2.82 bits per heavy atom. The summed E-state index contributed by atoms with van der Waals surface area (Å²) in [6.07, 6.45) is 11.1. The molecular weight excluding hydrogens is 248 g/mol. The zero-order valence-corrected chi connectivity index (χ0v) is 12.4. The van der Waals surface area contributed by atoms with E-state index >= 15 is 0 Å². The SMILES string of the molecule is CSC1(CNC(C)c2nccs2)CCCCC1. The monoisotopic (exact) mass is 270 g/mol. The molecule has 1 saturated carbocycles. The van der Waals surface area contributed by atoms with Crippen LogP contribution in [0.5, 0.6) is 0 Å². The first-order chi connectivity index (χ1) is 8.26. The molecule has 1 fully saturated rings. The van der Waals surface area contributed by atoms with Crippen LogP contribution in [0.15, 0.2) is 11.6 Å². The summed E-state index contributed by atoms with van der Waals surface area (Å²) in [5.41, 5.74) is 0. The molecule has 0 aromatic carbocycles. The van der Waals surface area contributed by atoms with Crippen molar-refractivity contribution in [2.24, 2.45) is 0 Å². The Balaban J connectivity index is 1.87. The summed E-state index contributed by atoms with van der Waals surface area (Å²) in [4.78, 5) is 4.38. The van der Waals surface area contributed by atoms with Crippen LogP contribution in [0.25, 0.3) is 0 Å². The number of rotatable bonds is 5. The van der Waals surface area contributed by atoms with Gasteiger partial charge in [-0.15, -0.1) is 11.3 Å². The van der Waals surface area contributed by atoms with E-state index in [4.69, 9.17) is 0 Å². The van der Waals surface area contributed by atoms with Gasteiger partial charge >= 0.3 is 0 Å². The highest BCUT2D eigenvalue weighted by Gasteiger charge is 2.31. The standard InChI is InChI=1S/C13H22N2S2/c1-11(12-14-8-9-17-12)15-10-13(16-2)6-4-3-5-7-13/h8-9,11,15H,3-7,10H2,1-2H3. The van der Waals surface area contributed by atoms with Gasteiger partial charge in [0.2, 0.25) is 0 Å². The molecule has 1 aromatic rings. The Kier molecular flexibility index (Phi) is 4.88. The summed E-state index contributed by atoms with van der Waals surface area (Å²) in [6, 6.07) is 0.390. The van der Waals surface area contributed by atoms with Gasteiger partial charge in [-0.2, -0.15) is 11.8 Å². The highest BCUT2D eigenvalue weighted by atomic mass is 32.2. The quantitative estimate of drug-likeness (QED) is 0.879. The fraction of sp³-hybridized carbons (Fsp3) is 0.769. The normalized spacial score (nSPS) is 21.3. The summed E-state index contributed by atoms with van der Waals surface area (Å²) in [6.45, 7) is 3.34. The van der Waals surface area contributed by atoms with E-state index in [0.717, 1.165) is 6.54 Å². The van der Waals surface area contributed by atoms with Crippen molar-refractivity contribution in [2.45, 2.75) is 49.8 Å². The maximum absolute atomic E-state index is 4.38. The van der Waals surface area contributed by atoms with Crippen LogP contribution in [0.3, 0.4) is 0 Å². The molecule has 1 aromatic heterocycles. The van der Waals surface area contributed by atoms with Crippen LogP contribution in [0.2, 0.25) is 0 Å². The van der Waals surface area contributed by atoms with Crippen molar-refractivity contribution in [3.63, 3.8) is 0 Å². The molecule has 2 rings (SSSR count). The lowest BCUT2D eigenvalue weighted by Crippen LogP contribution is -2.40. The molecule has 4 heteroatoms. The first kappa shape index (κ1) is 13.4. The van der Waals surface area contributed by atoms with Gasteiger partial charge in [0.05, 0.1) is 6.04 Å². The summed E-state index contributed by atoms with van der Waals surface area (Å²) in [5.74, 6) is 0. The van der Waals surface area contributed by atoms with Gasteiger partial charge in [0, 0.05) is 22.9 Å². The minimum absolute atomic E-state index is 0.390. The molecule has 1 aliphatic rings. The maximum Gasteiger partial charge on any atom is 0.109 e. The molecule has 0 bridgehead atoms. The van der Waals surface area contributed by atoms with Gasteiger partial charge in [0.15, 0.2) is 0 Å². The lowest BCUT2D eigenvalue weighted by molar-refractivity contribution is 0.367. The van der Waals surface area contributed by atoms with Crippen LogP contribution < -0.4 is 5.32 Å². The average Bonchev–Trinajstić information content (AvgIpc) is 2.91. The van der Waals surface area contributed by atoms with E-state index in [-0.39, 0.29) is 0 Å². The van der Waals surface area contributed by atoms with Crippen LogP contribution >= 0.6 is 23.1 Å². The lowest BCUT2D eigenvalue weighted by Gasteiger charge is -2.36. The summed E-state index contributed by atoms with van der Waals surface area (Å²) in [7, 11) is 0. The molecule has 1 heterocycles. The van der Waals surface area contributed by atoms with Gasteiger partial charge in [-0.05, 0) is 26.0 Å². The highest BCUT2D eigenvalue weighted by molar-refractivity contribution is 8.00.